The molecule has 17 nitrogen and oxygen atoms in total. The van der Waals surface area contributed by atoms with E-state index in [1.165, 1.54) is 12.0 Å². The number of ether oxygens (including phenoxy) is 7. The van der Waals surface area contributed by atoms with E-state index in [0.717, 1.165) is 5.57 Å². The predicted molar refractivity (Wildman–Crippen MR) is 273 cm³/mol. The summed E-state index contributed by atoms with van der Waals surface area (Å²) in [6.45, 7) is 13.8. The minimum atomic E-state index is -2.49. The lowest BCUT2D eigenvalue weighted by molar-refractivity contribution is -0.266. The molecule has 414 valence electrons. The minimum Gasteiger partial charge on any atom is -0.460 e. The van der Waals surface area contributed by atoms with Gasteiger partial charge in [0.2, 0.25) is 5.79 Å². The van der Waals surface area contributed by atoms with Crippen molar-refractivity contribution in [3.63, 3.8) is 0 Å². The number of ketones is 3. The Kier molecular flexibility index (Phi) is 26.3. The molecule has 3 aliphatic heterocycles. The van der Waals surface area contributed by atoms with Gasteiger partial charge in [-0.3, -0.25) is 19.2 Å². The van der Waals surface area contributed by atoms with Crippen LogP contribution in [0.4, 0.5) is 0 Å². The summed E-state index contributed by atoms with van der Waals surface area (Å²) in [5.74, 6) is -8.31. The molecule has 73 heavy (non-hydrogen) atoms. The number of hydrogen-bond donors (Lipinski definition) is 4. The average Bonchev–Trinajstić information content (AvgIpc) is 3.37. The first-order valence-corrected chi connectivity index (χ1v) is 26.8. The first-order chi connectivity index (χ1) is 34.7. The van der Waals surface area contributed by atoms with E-state index in [2.05, 4.69) is 0 Å². The highest BCUT2D eigenvalue weighted by Crippen LogP contribution is 2.38. The van der Waals surface area contributed by atoms with Crippen molar-refractivity contribution in [3.8, 4) is 0 Å². The van der Waals surface area contributed by atoms with Gasteiger partial charge in [-0.15, -0.1) is 0 Å². The van der Waals surface area contributed by atoms with Crippen molar-refractivity contribution in [1.82, 2.24) is 4.90 Å². The van der Waals surface area contributed by atoms with Gasteiger partial charge in [0.25, 0.3) is 11.7 Å². The van der Waals surface area contributed by atoms with E-state index in [9.17, 15) is 39.3 Å². The Morgan fingerprint density at radius 1 is 0.822 bits per heavy atom. The lowest BCUT2D eigenvalue weighted by Crippen LogP contribution is -2.61. The van der Waals surface area contributed by atoms with Crippen molar-refractivity contribution in [1.29, 1.82) is 0 Å². The number of carbonyl (C=O) groups excluding carboxylic acids is 5. The highest BCUT2D eigenvalue weighted by Gasteiger charge is 2.53. The Bertz CT molecular complexity index is 1900. The van der Waals surface area contributed by atoms with Crippen LogP contribution in [0, 0.1) is 35.5 Å². The second kappa shape index (κ2) is 30.9. The SMILES string of the molecule is CO[C@@H]1C[C@H](C[C@@H](C)[C@@H]2CC(=O)[C@H](C)/C=C(\C)[C@@H](O)[C@@H](OC)C(=O)[C@H](C)C[C@H](C)/C=C/C=C/C=C(\C)C(OCCOCCOCCO)C[C@@H]3CC[C@@H](C)[C@@](O)(O3)C(=O)C(=O)N3CCCC[C@H]3C(=O)O2)CC[C@H]1O. The summed E-state index contributed by atoms with van der Waals surface area (Å²) in [4.78, 5) is 72.5. The molecule has 4 N–H and O–H groups in total. The molecular formula is C56H89NO16. The van der Waals surface area contributed by atoms with Crippen molar-refractivity contribution in [2.24, 2.45) is 35.5 Å². The third-order valence-electron chi connectivity index (χ3n) is 15.3. The van der Waals surface area contributed by atoms with Crippen LogP contribution in [0.5, 0.6) is 0 Å². The van der Waals surface area contributed by atoms with Gasteiger partial charge >= 0.3 is 5.97 Å². The van der Waals surface area contributed by atoms with E-state index in [-0.39, 0.29) is 87.7 Å². The first kappa shape index (κ1) is 62.1. The number of aliphatic hydroxyl groups excluding tert-OH is 3. The number of methoxy groups -OCH3 is 2. The summed E-state index contributed by atoms with van der Waals surface area (Å²) in [5.41, 5.74) is 1.20. The Balaban J connectivity index is 1.69. The second-order valence-electron chi connectivity index (χ2n) is 21.2. The van der Waals surface area contributed by atoms with Crippen molar-refractivity contribution in [2.75, 3.05) is 60.4 Å². The van der Waals surface area contributed by atoms with Gasteiger partial charge in [0, 0.05) is 51.4 Å². The summed E-state index contributed by atoms with van der Waals surface area (Å²) in [6, 6.07) is -1.17. The largest absolute Gasteiger partial charge is 0.460 e. The molecule has 2 saturated heterocycles. The number of hydrogen-bond acceptors (Lipinski definition) is 16. The number of fused-ring (bicyclic) bond motifs is 3. The maximum absolute atomic E-state index is 14.5. The van der Waals surface area contributed by atoms with Gasteiger partial charge in [-0.05, 0) is 107 Å². The molecule has 0 aromatic carbocycles. The predicted octanol–water partition coefficient (Wildman–Crippen LogP) is 5.58. The molecule has 0 spiro atoms. The smallest absolute Gasteiger partial charge is 0.329 e. The van der Waals surface area contributed by atoms with Gasteiger partial charge in [-0.1, -0.05) is 71.1 Å². The fourth-order valence-electron chi connectivity index (χ4n) is 10.7. The van der Waals surface area contributed by atoms with E-state index in [4.69, 9.17) is 38.3 Å². The number of Topliss-reactive ketones (excluding diaryl/α,β-unsaturated/α-hetero) is 3. The number of aliphatic hydroxyl groups is 4. The molecule has 0 aromatic heterocycles. The zero-order chi connectivity index (χ0) is 53.8. The molecule has 3 heterocycles. The summed E-state index contributed by atoms with van der Waals surface area (Å²) in [5, 5.41) is 43.1. The van der Waals surface area contributed by atoms with E-state index in [1.54, 1.807) is 40.9 Å². The normalized spacial score (nSPS) is 37.3. The molecule has 1 saturated carbocycles. The third kappa shape index (κ3) is 18.4. The van der Waals surface area contributed by atoms with Crippen LogP contribution >= 0.6 is 0 Å². The number of allylic oxidation sites excluding steroid dienone is 6. The van der Waals surface area contributed by atoms with Gasteiger partial charge in [0.15, 0.2) is 5.78 Å². The molecule has 4 rings (SSSR count). The molecular weight excluding hydrogens is 943 g/mol. The van der Waals surface area contributed by atoms with E-state index in [1.807, 2.05) is 51.2 Å². The first-order valence-electron chi connectivity index (χ1n) is 26.8. The molecule has 3 fully saturated rings. The molecule has 2 bridgehead atoms. The molecule has 4 aliphatic rings. The minimum absolute atomic E-state index is 0.0192. The second-order valence-corrected chi connectivity index (χ2v) is 21.2. The van der Waals surface area contributed by atoms with Crippen molar-refractivity contribution >= 4 is 29.2 Å². The van der Waals surface area contributed by atoms with Crippen LogP contribution in [0.2, 0.25) is 0 Å². The Morgan fingerprint density at radius 3 is 2.23 bits per heavy atom. The number of esters is 1. The van der Waals surface area contributed by atoms with Gasteiger partial charge in [-0.25, -0.2) is 4.79 Å². The highest BCUT2D eigenvalue weighted by atomic mass is 16.6. The summed E-state index contributed by atoms with van der Waals surface area (Å²) in [7, 11) is 2.93. The zero-order valence-electron chi connectivity index (χ0n) is 45.1. The fourth-order valence-corrected chi connectivity index (χ4v) is 10.7. The molecule has 0 aromatic rings. The van der Waals surface area contributed by atoms with Crippen LogP contribution < -0.4 is 0 Å². The highest BCUT2D eigenvalue weighted by molar-refractivity contribution is 6.39. The van der Waals surface area contributed by atoms with Crippen LogP contribution in [-0.2, 0) is 57.1 Å². The van der Waals surface area contributed by atoms with E-state index < -0.39 is 83.9 Å². The summed E-state index contributed by atoms with van der Waals surface area (Å²) >= 11 is 0. The standard InChI is InChI=1S/C56H89NO16/c1-35-15-11-10-12-16-36(2)47(71-28-27-70-26-25-69-24-23-58)33-43-20-18-41(7)56(66,73-43)53(63)54(64)57-22-14-13-17-44(57)55(65)72-48(38(4)31-42-19-21-45(59)49(32-42)67-8)34-46(60)37(3)30-40(6)51(62)52(68-9)50(61)39(5)29-35/h10-12,15-16,30,35,37-39,41-45,47-49,51-52,58-59,62,66H,13-14,17-29,31-34H2,1-9H3/b12-10+,15-11+,36-16+,40-30+/t35-,37-,38-,39-,41-,42+,43+,44+,45-,47?,48+,49-,51-,52+,56-/m1/s1. The Morgan fingerprint density at radius 2 is 1.53 bits per heavy atom. The number of carbonyl (C=O) groups is 5. The number of nitrogens with zero attached hydrogens (tertiary/aromatic N) is 1. The number of rotatable bonds is 14. The van der Waals surface area contributed by atoms with Gasteiger partial charge in [-0.2, -0.15) is 0 Å². The van der Waals surface area contributed by atoms with Crippen LogP contribution in [0.15, 0.2) is 47.6 Å². The van der Waals surface area contributed by atoms with Crippen LogP contribution in [0.3, 0.4) is 0 Å². The molecule has 1 amide bonds. The lowest BCUT2D eigenvalue weighted by Gasteiger charge is -2.43. The fraction of sp³-hybridized carbons (Fsp3) is 0.768. The molecule has 17 heteroatoms. The number of amides is 1. The zero-order valence-corrected chi connectivity index (χ0v) is 45.1. The van der Waals surface area contributed by atoms with Crippen molar-refractivity contribution in [2.45, 2.75) is 180 Å². The number of cyclic esters (lactones) is 1. The Labute approximate surface area is 434 Å². The van der Waals surface area contributed by atoms with E-state index in [0.29, 0.717) is 76.6 Å². The van der Waals surface area contributed by atoms with Gasteiger partial charge in [0.1, 0.15) is 30.1 Å². The quantitative estimate of drug-likeness (QED) is 0.0720. The molecule has 0 radical (unpaired) electrons. The van der Waals surface area contributed by atoms with Crippen molar-refractivity contribution in [3.05, 3.63) is 47.6 Å². The Hall–Kier alpha value is -3.49. The third-order valence-corrected chi connectivity index (χ3v) is 15.3. The van der Waals surface area contributed by atoms with Crippen molar-refractivity contribution < 1.29 is 77.6 Å². The monoisotopic (exact) mass is 1030 g/mol. The average molecular weight is 1030 g/mol. The summed E-state index contributed by atoms with van der Waals surface area (Å²) in [6.07, 6.45) is 10.4. The van der Waals surface area contributed by atoms with Crippen LogP contribution in [0.25, 0.3) is 0 Å². The molecule has 1 unspecified atom stereocenters. The van der Waals surface area contributed by atoms with Gasteiger partial charge < -0.3 is 58.5 Å². The van der Waals surface area contributed by atoms with Crippen LogP contribution in [-0.4, -0.2) is 170 Å². The number of piperidine rings is 1. The maximum atomic E-state index is 14.5. The van der Waals surface area contributed by atoms with E-state index >= 15 is 0 Å². The maximum Gasteiger partial charge on any atom is 0.329 e. The van der Waals surface area contributed by atoms with Crippen LogP contribution in [0.1, 0.15) is 126 Å². The lowest BCUT2D eigenvalue weighted by atomic mass is 9.78. The summed E-state index contributed by atoms with van der Waals surface area (Å²) < 4.78 is 41.0. The topological polar surface area (TPSA) is 234 Å². The molecule has 15 atom stereocenters. The molecule has 1 aliphatic carbocycles. The van der Waals surface area contributed by atoms with Gasteiger partial charge in [0.05, 0.1) is 64.1 Å².